The van der Waals surface area contributed by atoms with Crippen LogP contribution < -0.4 is 10.6 Å². The van der Waals surface area contributed by atoms with E-state index in [4.69, 9.17) is 4.98 Å². The first kappa shape index (κ1) is 42.9. The molecule has 2 aliphatic rings. The van der Waals surface area contributed by atoms with Gasteiger partial charge in [0.25, 0.3) is 0 Å². The maximum Gasteiger partial charge on any atom is 0.245 e. The van der Waals surface area contributed by atoms with E-state index in [1.165, 1.54) is 17.0 Å². The molecule has 14 heteroatoms. The number of imidazole rings is 1. The smallest absolute Gasteiger partial charge is 0.245 e. The molecule has 3 amide bonds. The topological polar surface area (TPSA) is 132 Å². The molecule has 2 saturated heterocycles. The minimum atomic E-state index is -1.30. The zero-order valence-electron chi connectivity index (χ0n) is 34.7. The molecule has 0 aliphatic carbocycles. The number of carbonyl (C=O) groups excluding carboxylic acids is 4. The fraction of sp³-hybridized carbons (Fsp3) is 0.568. The standard InChI is InChI=1S/C44H58F3N7O4/c1-8-25(5)42(56)51-39(24(3)4)44(58)53-22-30(47)18-32(53)23-54-37-15-14-28(45)19-36(37)50-41(54)40-34(33-12-10-11-13-35(33)49-40)20-31-17-29(46)21-52(31)43(57)27(9-2)16-38(55)26(6)48-7/h10-15,19,24-27,29-32,39,48-49H,8-9,16-18,20-23H2,1-7H3,(H,51,56)/t25-,26+,27-,29+,30+,31+,32+,39+/m1/s1. The van der Waals surface area contributed by atoms with Gasteiger partial charge in [0, 0.05) is 60.7 Å². The number of carbonyl (C=O) groups is 4. The quantitative estimate of drug-likeness (QED) is 0.118. The molecule has 2 aliphatic heterocycles. The second kappa shape index (κ2) is 18.0. The minimum absolute atomic E-state index is 0.0546. The van der Waals surface area contributed by atoms with E-state index in [1.54, 1.807) is 31.9 Å². The zero-order valence-corrected chi connectivity index (χ0v) is 34.7. The number of Topliss-reactive ketones (excluding diaryl/α,β-unsaturated/α-hetero) is 1. The average Bonchev–Trinajstić information content (AvgIpc) is 3.97. The number of H-pyrrole nitrogens is 1. The van der Waals surface area contributed by atoms with E-state index in [9.17, 15) is 23.6 Å². The van der Waals surface area contributed by atoms with E-state index in [-0.39, 0.29) is 80.7 Å². The van der Waals surface area contributed by atoms with Gasteiger partial charge in [-0.25, -0.2) is 18.2 Å². The van der Waals surface area contributed by atoms with Gasteiger partial charge in [0.2, 0.25) is 17.7 Å². The first-order chi connectivity index (χ1) is 27.6. The van der Waals surface area contributed by atoms with Crippen LogP contribution in [0.4, 0.5) is 13.2 Å². The molecule has 8 atom stereocenters. The fourth-order valence-electron chi connectivity index (χ4n) is 8.55. The monoisotopic (exact) mass is 805 g/mol. The van der Waals surface area contributed by atoms with E-state index >= 15 is 8.78 Å². The Morgan fingerprint density at radius 3 is 2.24 bits per heavy atom. The Hall–Kier alpha value is -4.72. The van der Waals surface area contributed by atoms with Crippen LogP contribution in [0, 0.1) is 23.6 Å². The summed E-state index contributed by atoms with van der Waals surface area (Å²) < 4.78 is 47.5. The van der Waals surface area contributed by atoms with Gasteiger partial charge >= 0.3 is 0 Å². The Balaban J connectivity index is 1.39. The molecule has 314 valence electrons. The van der Waals surface area contributed by atoms with Gasteiger partial charge in [0.1, 0.15) is 30.0 Å². The van der Waals surface area contributed by atoms with E-state index in [1.807, 2.05) is 56.5 Å². The third kappa shape index (κ3) is 8.81. The van der Waals surface area contributed by atoms with E-state index in [0.717, 1.165) is 16.5 Å². The van der Waals surface area contributed by atoms with E-state index in [0.29, 0.717) is 35.4 Å². The van der Waals surface area contributed by atoms with Gasteiger partial charge < -0.3 is 30.0 Å². The Morgan fingerprint density at radius 1 is 0.914 bits per heavy atom. The molecular formula is C44H58F3N7O4. The number of alkyl halides is 2. The molecule has 58 heavy (non-hydrogen) atoms. The van der Waals surface area contributed by atoms with Crippen LogP contribution >= 0.6 is 0 Å². The van der Waals surface area contributed by atoms with Gasteiger partial charge in [-0.1, -0.05) is 52.8 Å². The van der Waals surface area contributed by atoms with Crippen molar-refractivity contribution < 1.29 is 32.3 Å². The lowest BCUT2D eigenvalue weighted by Crippen LogP contribution is -2.54. The van der Waals surface area contributed by atoms with Crippen molar-refractivity contribution in [1.29, 1.82) is 0 Å². The number of ketones is 1. The molecule has 0 spiro atoms. The van der Waals surface area contributed by atoms with Crippen molar-refractivity contribution in [3.63, 3.8) is 0 Å². The fourth-order valence-corrected chi connectivity index (χ4v) is 8.55. The summed E-state index contributed by atoms with van der Waals surface area (Å²) in [6.07, 6.45) is -1.00. The number of nitrogens with zero attached hydrogens (tertiary/aromatic N) is 4. The van der Waals surface area contributed by atoms with Crippen molar-refractivity contribution in [2.75, 3.05) is 20.1 Å². The normalized spacial score (nSPS) is 21.8. The summed E-state index contributed by atoms with van der Waals surface area (Å²) in [5, 5.41) is 6.70. The summed E-state index contributed by atoms with van der Waals surface area (Å²) >= 11 is 0. The molecule has 3 N–H and O–H groups in total. The third-order valence-corrected chi connectivity index (χ3v) is 12.4. The number of hydrogen-bond donors (Lipinski definition) is 3. The van der Waals surface area contributed by atoms with Crippen LogP contribution in [-0.4, -0.2) is 104 Å². The third-order valence-electron chi connectivity index (χ3n) is 12.4. The van der Waals surface area contributed by atoms with Crippen molar-refractivity contribution in [3.05, 3.63) is 53.8 Å². The number of likely N-dealkylation sites (tertiary alicyclic amines) is 2. The maximum absolute atomic E-state index is 15.4. The highest BCUT2D eigenvalue weighted by Crippen LogP contribution is 2.37. The second-order valence-corrected chi connectivity index (χ2v) is 16.7. The summed E-state index contributed by atoms with van der Waals surface area (Å²) in [5.41, 5.74) is 3.09. The van der Waals surface area contributed by atoms with Gasteiger partial charge in [0.15, 0.2) is 5.82 Å². The number of hydrogen-bond acceptors (Lipinski definition) is 6. The van der Waals surface area contributed by atoms with Gasteiger partial charge in [-0.2, -0.15) is 0 Å². The number of benzene rings is 2. The predicted octanol–water partition coefficient (Wildman–Crippen LogP) is 6.52. The summed E-state index contributed by atoms with van der Waals surface area (Å²) in [7, 11) is 1.69. The van der Waals surface area contributed by atoms with Gasteiger partial charge in [-0.3, -0.25) is 19.2 Å². The molecule has 2 fully saturated rings. The number of para-hydroxylation sites is 1. The number of nitrogens with one attached hydrogen (secondary N) is 3. The van der Waals surface area contributed by atoms with E-state index in [2.05, 4.69) is 15.6 Å². The van der Waals surface area contributed by atoms with Crippen LogP contribution in [0.3, 0.4) is 0 Å². The molecule has 2 aromatic heterocycles. The lowest BCUT2D eigenvalue weighted by molar-refractivity contribution is -0.139. The summed E-state index contributed by atoms with van der Waals surface area (Å²) in [6, 6.07) is 9.53. The number of aromatic amines is 1. The van der Waals surface area contributed by atoms with Crippen molar-refractivity contribution >= 4 is 45.4 Å². The average molecular weight is 806 g/mol. The van der Waals surface area contributed by atoms with Gasteiger partial charge in [-0.05, 0) is 62.9 Å². The molecule has 0 bridgehead atoms. The molecule has 0 radical (unpaired) electrons. The van der Waals surface area contributed by atoms with E-state index < -0.39 is 48.2 Å². The van der Waals surface area contributed by atoms with Crippen molar-refractivity contribution in [1.82, 2.24) is 35.0 Å². The molecule has 4 aromatic rings. The first-order valence-electron chi connectivity index (χ1n) is 20.8. The zero-order chi connectivity index (χ0) is 42.0. The molecule has 6 rings (SSSR count). The van der Waals surface area contributed by atoms with Crippen molar-refractivity contribution in [3.8, 4) is 11.5 Å². The Kier molecular flexibility index (Phi) is 13.3. The van der Waals surface area contributed by atoms with Crippen LogP contribution in [0.2, 0.25) is 0 Å². The highest BCUT2D eigenvalue weighted by molar-refractivity contribution is 5.93. The molecule has 4 heterocycles. The predicted molar refractivity (Wildman–Crippen MR) is 219 cm³/mol. The summed E-state index contributed by atoms with van der Waals surface area (Å²) in [4.78, 5) is 65.7. The van der Waals surface area contributed by atoms with Crippen molar-refractivity contribution in [2.24, 2.45) is 17.8 Å². The molecular weight excluding hydrogens is 748 g/mol. The second-order valence-electron chi connectivity index (χ2n) is 16.7. The number of aromatic nitrogens is 3. The molecule has 0 saturated carbocycles. The number of fused-ring (bicyclic) bond motifs is 2. The lowest BCUT2D eigenvalue weighted by Gasteiger charge is -2.32. The summed E-state index contributed by atoms with van der Waals surface area (Å²) in [5.74, 6) is -2.12. The molecule has 0 unspecified atom stereocenters. The molecule has 2 aromatic carbocycles. The minimum Gasteiger partial charge on any atom is -0.352 e. The SMILES string of the molecule is CC[C@H](CC(=O)[C@H](C)NC)C(=O)N1C[C@@H](F)C[C@H]1Cc1c(-c2nc3cc(F)ccc3n2C[C@@H]2C[C@H](F)CN2C(=O)[C@@H](NC(=O)[C@H](C)CC)C(C)C)[nH]c2ccccc12. The largest absolute Gasteiger partial charge is 0.352 e. The number of halogens is 3. The maximum atomic E-state index is 15.4. The highest BCUT2D eigenvalue weighted by atomic mass is 19.1. The van der Waals surface area contributed by atoms with Crippen LogP contribution in [0.15, 0.2) is 42.5 Å². The number of rotatable bonds is 16. The number of amides is 3. The van der Waals surface area contributed by atoms with Crippen LogP contribution in [-0.2, 0) is 32.1 Å². The van der Waals surface area contributed by atoms with Gasteiger partial charge in [0.05, 0.1) is 41.9 Å². The first-order valence-corrected chi connectivity index (χ1v) is 20.8. The number of likely N-dealkylation sites (N-methyl/N-ethyl adjacent to an activating group) is 1. The summed E-state index contributed by atoms with van der Waals surface area (Å²) in [6.45, 7) is 10.9. The van der Waals surface area contributed by atoms with Gasteiger partial charge in [-0.15, -0.1) is 0 Å². The van der Waals surface area contributed by atoms with Crippen LogP contribution in [0.5, 0.6) is 0 Å². The van der Waals surface area contributed by atoms with Crippen LogP contribution in [0.25, 0.3) is 33.5 Å². The highest BCUT2D eigenvalue weighted by Gasteiger charge is 2.42. The lowest BCUT2D eigenvalue weighted by atomic mass is 9.94. The Bertz CT molecular complexity index is 2130. The van der Waals surface area contributed by atoms with Crippen LogP contribution in [0.1, 0.15) is 79.2 Å². The Labute approximate surface area is 338 Å². The Morgan fingerprint density at radius 2 is 1.59 bits per heavy atom. The molecule has 11 nitrogen and oxygen atoms in total. The van der Waals surface area contributed by atoms with Crippen molar-refractivity contribution in [2.45, 2.75) is 123 Å².